The Morgan fingerprint density at radius 3 is 2.19 bits per heavy atom. The first-order valence-corrected chi connectivity index (χ1v) is 12.6. The Hall–Kier alpha value is -1.93. The van der Waals surface area contributed by atoms with E-state index in [1.807, 2.05) is 39.8 Å². The highest BCUT2D eigenvalue weighted by Crippen LogP contribution is 2.29. The fraction of sp³-hybridized carbons (Fsp3) is 0.652. The zero-order valence-electron chi connectivity index (χ0n) is 19.0. The second-order valence-electron chi connectivity index (χ2n) is 8.95. The van der Waals surface area contributed by atoms with Crippen LogP contribution in [0.4, 0.5) is 0 Å². The molecule has 2 aliphatic heterocycles. The monoisotopic (exact) mass is 450 g/mol. The topological polar surface area (TPSA) is 84.0 Å². The van der Waals surface area contributed by atoms with Gasteiger partial charge in [0.2, 0.25) is 10.0 Å². The first-order chi connectivity index (χ1) is 14.6. The van der Waals surface area contributed by atoms with E-state index >= 15 is 0 Å². The maximum Gasteiger partial charge on any atom is 0.309 e. The lowest BCUT2D eigenvalue weighted by atomic mass is 9.98. The Labute approximate surface area is 185 Å². The molecule has 0 saturated carbocycles. The number of sulfonamides is 1. The van der Waals surface area contributed by atoms with Crippen LogP contribution in [0, 0.1) is 26.7 Å². The minimum Gasteiger partial charge on any atom is -0.455 e. The largest absolute Gasteiger partial charge is 0.455 e. The number of benzene rings is 1. The van der Waals surface area contributed by atoms with Crippen LogP contribution in [-0.2, 0) is 24.3 Å². The molecule has 0 aliphatic carbocycles. The summed E-state index contributed by atoms with van der Waals surface area (Å²) in [5, 5.41) is 0. The number of aryl methyl sites for hydroxylation is 3. The molecule has 2 aliphatic rings. The number of hydrogen-bond acceptors (Lipinski definition) is 5. The van der Waals surface area contributed by atoms with Crippen molar-refractivity contribution in [1.82, 2.24) is 9.21 Å². The summed E-state index contributed by atoms with van der Waals surface area (Å²) in [5.41, 5.74) is 2.51. The maximum atomic E-state index is 13.2. The fourth-order valence-corrected chi connectivity index (χ4v) is 6.72. The fourth-order valence-electron chi connectivity index (χ4n) is 4.84. The molecule has 7 nitrogen and oxygen atoms in total. The lowest BCUT2D eigenvalue weighted by Gasteiger charge is -2.33. The predicted molar refractivity (Wildman–Crippen MR) is 118 cm³/mol. The van der Waals surface area contributed by atoms with Crippen molar-refractivity contribution in [3.05, 3.63) is 28.8 Å². The maximum absolute atomic E-state index is 13.2. The summed E-state index contributed by atoms with van der Waals surface area (Å²) in [4.78, 5) is 27.0. The van der Waals surface area contributed by atoms with E-state index in [1.165, 1.54) is 4.31 Å². The number of nitrogens with zero attached hydrogens (tertiary/aromatic N) is 2. The number of amides is 1. The first-order valence-electron chi connectivity index (χ1n) is 11.2. The minimum absolute atomic E-state index is 0.147. The van der Waals surface area contributed by atoms with E-state index in [-0.39, 0.29) is 37.6 Å². The Kier molecular flexibility index (Phi) is 7.42. The van der Waals surface area contributed by atoms with Gasteiger partial charge in [-0.15, -0.1) is 0 Å². The molecule has 1 atom stereocenters. The molecule has 0 bridgehead atoms. The Morgan fingerprint density at radius 2 is 1.61 bits per heavy atom. The van der Waals surface area contributed by atoms with Gasteiger partial charge in [0.05, 0.1) is 10.8 Å². The molecular formula is C23H34N2O5S. The van der Waals surface area contributed by atoms with Crippen LogP contribution < -0.4 is 0 Å². The molecule has 0 N–H and O–H groups in total. The SMILES string of the molecule is Cc1cc(C)c(S(=O)(=O)N2CCC(C(=O)OCC(=O)N3CCCCC3C)CC2)c(C)c1. The van der Waals surface area contributed by atoms with Crippen molar-refractivity contribution >= 4 is 21.9 Å². The van der Waals surface area contributed by atoms with E-state index in [0.29, 0.717) is 24.3 Å². The van der Waals surface area contributed by atoms with Gasteiger partial charge in [-0.3, -0.25) is 9.59 Å². The molecule has 2 saturated heterocycles. The lowest BCUT2D eigenvalue weighted by molar-refractivity contribution is -0.157. The molecule has 31 heavy (non-hydrogen) atoms. The van der Waals surface area contributed by atoms with E-state index in [4.69, 9.17) is 4.74 Å². The highest BCUT2D eigenvalue weighted by molar-refractivity contribution is 7.89. The highest BCUT2D eigenvalue weighted by Gasteiger charge is 2.34. The van der Waals surface area contributed by atoms with Crippen LogP contribution >= 0.6 is 0 Å². The first kappa shape index (κ1) is 23.7. The van der Waals surface area contributed by atoms with Crippen LogP contribution in [0.3, 0.4) is 0 Å². The van der Waals surface area contributed by atoms with Crippen molar-refractivity contribution in [2.45, 2.75) is 70.7 Å². The predicted octanol–water partition coefficient (Wildman–Crippen LogP) is 2.96. The summed E-state index contributed by atoms with van der Waals surface area (Å²) in [7, 11) is -3.62. The number of esters is 1. The zero-order valence-corrected chi connectivity index (χ0v) is 19.8. The Morgan fingerprint density at radius 1 is 1.00 bits per heavy atom. The molecule has 0 radical (unpaired) electrons. The van der Waals surface area contributed by atoms with Gasteiger partial charge in [-0.1, -0.05) is 17.7 Å². The molecular weight excluding hydrogens is 416 g/mol. The van der Waals surface area contributed by atoms with Crippen LogP contribution in [0.5, 0.6) is 0 Å². The van der Waals surface area contributed by atoms with Crippen LogP contribution in [-0.4, -0.2) is 61.8 Å². The summed E-state index contributed by atoms with van der Waals surface area (Å²) in [6.45, 7) is 8.62. The van der Waals surface area contributed by atoms with E-state index < -0.39 is 16.0 Å². The van der Waals surface area contributed by atoms with E-state index in [9.17, 15) is 18.0 Å². The van der Waals surface area contributed by atoms with Gasteiger partial charge >= 0.3 is 5.97 Å². The summed E-state index contributed by atoms with van der Waals surface area (Å²) in [6.07, 6.45) is 3.88. The zero-order chi connectivity index (χ0) is 22.8. The van der Waals surface area contributed by atoms with Crippen molar-refractivity contribution in [3.63, 3.8) is 0 Å². The summed E-state index contributed by atoms with van der Waals surface area (Å²) >= 11 is 0. The van der Waals surface area contributed by atoms with Gasteiger partial charge < -0.3 is 9.64 Å². The average molecular weight is 451 g/mol. The van der Waals surface area contributed by atoms with Crippen molar-refractivity contribution in [3.8, 4) is 0 Å². The summed E-state index contributed by atoms with van der Waals surface area (Å²) in [5.74, 6) is -0.929. The molecule has 1 aromatic rings. The van der Waals surface area contributed by atoms with Crippen molar-refractivity contribution in [2.24, 2.45) is 5.92 Å². The summed E-state index contributed by atoms with van der Waals surface area (Å²) < 4.78 is 33.2. The number of likely N-dealkylation sites (tertiary alicyclic amines) is 1. The number of hydrogen-bond donors (Lipinski definition) is 0. The van der Waals surface area contributed by atoms with Gasteiger partial charge in [-0.25, -0.2) is 8.42 Å². The molecule has 1 aromatic carbocycles. The number of carbonyl (C=O) groups is 2. The minimum atomic E-state index is -3.62. The van der Waals surface area contributed by atoms with E-state index in [1.54, 1.807) is 4.90 Å². The molecule has 1 amide bonds. The van der Waals surface area contributed by atoms with Gasteiger partial charge in [-0.2, -0.15) is 4.31 Å². The van der Waals surface area contributed by atoms with Gasteiger partial charge in [-0.05, 0) is 70.9 Å². The molecule has 8 heteroatoms. The van der Waals surface area contributed by atoms with Gasteiger partial charge in [0.15, 0.2) is 6.61 Å². The third-order valence-corrected chi connectivity index (χ3v) is 8.66. The van der Waals surface area contributed by atoms with E-state index in [0.717, 1.165) is 36.0 Å². The number of ether oxygens (including phenoxy) is 1. The molecule has 1 unspecified atom stereocenters. The van der Waals surface area contributed by atoms with Crippen molar-refractivity contribution < 1.29 is 22.7 Å². The third kappa shape index (κ3) is 5.29. The van der Waals surface area contributed by atoms with Crippen molar-refractivity contribution in [1.29, 1.82) is 0 Å². The smallest absolute Gasteiger partial charge is 0.309 e. The second-order valence-corrected chi connectivity index (χ2v) is 10.8. The number of rotatable bonds is 5. The molecule has 2 fully saturated rings. The standard InChI is InChI=1S/C23H34N2O5S/c1-16-13-17(2)22(18(3)14-16)31(28,29)24-11-8-20(9-12-24)23(27)30-15-21(26)25-10-6-5-7-19(25)4/h13-14,19-20H,5-12,15H2,1-4H3. The molecule has 2 heterocycles. The van der Waals surface area contributed by atoms with Crippen LogP contribution in [0.25, 0.3) is 0 Å². The number of carbonyl (C=O) groups excluding carboxylic acids is 2. The number of piperidine rings is 2. The average Bonchev–Trinajstić information content (AvgIpc) is 2.71. The lowest BCUT2D eigenvalue weighted by Crippen LogP contribution is -2.45. The molecule has 172 valence electrons. The van der Waals surface area contributed by atoms with Crippen LogP contribution in [0.2, 0.25) is 0 Å². The molecule has 0 spiro atoms. The highest BCUT2D eigenvalue weighted by atomic mass is 32.2. The van der Waals surface area contributed by atoms with Gasteiger partial charge in [0.25, 0.3) is 5.91 Å². The Bertz CT molecular complexity index is 912. The van der Waals surface area contributed by atoms with Gasteiger partial charge in [0, 0.05) is 25.7 Å². The Balaban J connectivity index is 1.55. The normalized spacial score (nSPS) is 21.2. The van der Waals surface area contributed by atoms with Crippen LogP contribution in [0.15, 0.2) is 17.0 Å². The van der Waals surface area contributed by atoms with Gasteiger partial charge in [0.1, 0.15) is 0 Å². The third-order valence-electron chi connectivity index (χ3n) is 6.45. The molecule has 0 aromatic heterocycles. The molecule has 3 rings (SSSR count). The van der Waals surface area contributed by atoms with Crippen LogP contribution in [0.1, 0.15) is 55.7 Å². The van der Waals surface area contributed by atoms with Crippen molar-refractivity contribution in [2.75, 3.05) is 26.2 Å². The van der Waals surface area contributed by atoms with E-state index in [2.05, 4.69) is 0 Å². The quantitative estimate of drug-likeness (QED) is 0.644. The second kappa shape index (κ2) is 9.69. The summed E-state index contributed by atoms with van der Waals surface area (Å²) in [6, 6.07) is 3.94.